The van der Waals surface area contributed by atoms with Crippen LogP contribution < -0.4 is 0 Å². The SMILES string of the molecule is CC(=O)CCC(=O)O[C@H]1[C@H](OCc2ccccc2)[C@@H](OCc2ccccc2)[C@@H](OCc2ccccc2)O[C@@H]1COCc1ccc(C)c(C(=O)OC(C)(C)C)c1. The number of carbonyl (C=O) groups is 3. The zero-order valence-corrected chi connectivity index (χ0v) is 32.3. The summed E-state index contributed by atoms with van der Waals surface area (Å²) in [6, 6.07) is 34.6. The Balaban J connectivity index is 1.44. The van der Waals surface area contributed by atoms with Crippen molar-refractivity contribution < 1.29 is 47.5 Å². The Kier molecular flexibility index (Phi) is 15.3. The Hall–Kier alpha value is -4.71. The van der Waals surface area contributed by atoms with Gasteiger partial charge in [-0.25, -0.2) is 4.79 Å². The molecule has 55 heavy (non-hydrogen) atoms. The molecule has 4 aromatic carbocycles. The van der Waals surface area contributed by atoms with E-state index < -0.39 is 48.2 Å². The maximum atomic E-state index is 13.3. The van der Waals surface area contributed by atoms with Gasteiger partial charge in [0.05, 0.1) is 45.0 Å². The number of carbonyl (C=O) groups excluding carboxylic acids is 3. The van der Waals surface area contributed by atoms with Gasteiger partial charge in [-0.05, 0) is 68.5 Å². The van der Waals surface area contributed by atoms with Crippen LogP contribution in [0.25, 0.3) is 0 Å². The number of ketones is 1. The molecule has 1 aliphatic heterocycles. The van der Waals surface area contributed by atoms with Gasteiger partial charge in [-0.2, -0.15) is 0 Å². The molecule has 0 amide bonds. The van der Waals surface area contributed by atoms with Gasteiger partial charge in [0.1, 0.15) is 29.7 Å². The summed E-state index contributed by atoms with van der Waals surface area (Å²) in [5.41, 5.74) is 4.10. The van der Waals surface area contributed by atoms with Gasteiger partial charge in [0, 0.05) is 6.42 Å². The lowest BCUT2D eigenvalue weighted by atomic mass is 9.97. The van der Waals surface area contributed by atoms with Crippen LogP contribution >= 0.6 is 0 Å². The Morgan fingerprint density at radius 3 is 1.73 bits per heavy atom. The van der Waals surface area contributed by atoms with E-state index in [1.165, 1.54) is 6.92 Å². The first-order chi connectivity index (χ1) is 26.4. The zero-order valence-electron chi connectivity index (χ0n) is 32.3. The van der Waals surface area contributed by atoms with E-state index in [1.54, 1.807) is 6.07 Å². The van der Waals surface area contributed by atoms with Crippen LogP contribution in [0.5, 0.6) is 0 Å². The van der Waals surface area contributed by atoms with Gasteiger partial charge in [-0.1, -0.05) is 103 Å². The van der Waals surface area contributed by atoms with Crippen molar-refractivity contribution in [3.8, 4) is 0 Å². The summed E-state index contributed by atoms with van der Waals surface area (Å²) in [7, 11) is 0. The highest BCUT2D eigenvalue weighted by Gasteiger charge is 2.50. The third-order valence-electron chi connectivity index (χ3n) is 8.84. The fourth-order valence-electron chi connectivity index (χ4n) is 6.03. The predicted octanol–water partition coefficient (Wildman–Crippen LogP) is 7.86. The van der Waals surface area contributed by atoms with Crippen molar-refractivity contribution in [1.82, 2.24) is 0 Å². The second-order valence-corrected chi connectivity index (χ2v) is 14.7. The molecule has 0 saturated carbocycles. The lowest BCUT2D eigenvalue weighted by molar-refractivity contribution is -0.325. The molecule has 292 valence electrons. The standard InChI is InChI=1S/C45H52O10/c1-31-21-23-36(25-37(31)43(48)55-45(3,4)5)26-49-30-38-40(54-39(47)24-22-32(2)46)41(50-27-33-15-9-6-10-16-33)42(51-28-34-17-11-7-12-18-34)44(53-38)52-29-35-19-13-8-14-20-35/h6-21,23,25,38,40-42,44H,22,24,26-30H2,1-5H3/t38-,40-,41+,42-,44+/m1/s1. The molecule has 5 rings (SSSR count). The Morgan fingerprint density at radius 1 is 0.636 bits per heavy atom. The van der Waals surface area contributed by atoms with Gasteiger partial charge in [0.15, 0.2) is 12.4 Å². The second-order valence-electron chi connectivity index (χ2n) is 14.7. The minimum absolute atomic E-state index is 0.0257. The van der Waals surface area contributed by atoms with E-state index in [-0.39, 0.29) is 51.7 Å². The topological polar surface area (TPSA) is 116 Å². The molecule has 0 spiro atoms. The largest absolute Gasteiger partial charge is 0.457 e. The number of aryl methyl sites for hydroxylation is 1. The molecule has 1 heterocycles. The summed E-state index contributed by atoms with van der Waals surface area (Å²) in [5, 5.41) is 0. The molecule has 0 unspecified atom stereocenters. The van der Waals surface area contributed by atoms with Crippen LogP contribution in [0.3, 0.4) is 0 Å². The summed E-state index contributed by atoms with van der Waals surface area (Å²) >= 11 is 0. The monoisotopic (exact) mass is 752 g/mol. The van der Waals surface area contributed by atoms with Crippen molar-refractivity contribution in [2.45, 2.75) is 110 Å². The molecule has 5 atom stereocenters. The summed E-state index contributed by atoms with van der Waals surface area (Å²) in [6.07, 6.45) is -4.61. The normalized spacial score (nSPS) is 19.8. The molecule has 0 bridgehead atoms. The van der Waals surface area contributed by atoms with Gasteiger partial charge in [0.25, 0.3) is 0 Å². The maximum Gasteiger partial charge on any atom is 0.338 e. The van der Waals surface area contributed by atoms with Crippen LogP contribution in [-0.4, -0.2) is 60.6 Å². The van der Waals surface area contributed by atoms with Crippen molar-refractivity contribution in [3.05, 3.63) is 143 Å². The van der Waals surface area contributed by atoms with Gasteiger partial charge >= 0.3 is 11.9 Å². The Bertz CT molecular complexity index is 1810. The van der Waals surface area contributed by atoms with Crippen LogP contribution in [0, 0.1) is 6.92 Å². The van der Waals surface area contributed by atoms with E-state index in [9.17, 15) is 14.4 Å². The third-order valence-corrected chi connectivity index (χ3v) is 8.84. The zero-order chi connectivity index (χ0) is 39.2. The van der Waals surface area contributed by atoms with Crippen molar-refractivity contribution in [2.24, 2.45) is 0 Å². The highest BCUT2D eigenvalue weighted by Crippen LogP contribution is 2.32. The minimum atomic E-state index is -1.00. The molecule has 0 N–H and O–H groups in total. The molecule has 0 aliphatic carbocycles. The fourth-order valence-corrected chi connectivity index (χ4v) is 6.03. The quantitative estimate of drug-likeness (QED) is 0.0931. The average molecular weight is 753 g/mol. The number of hydrogen-bond acceptors (Lipinski definition) is 10. The molecule has 1 fully saturated rings. The molecule has 0 aromatic heterocycles. The summed E-state index contributed by atoms with van der Waals surface area (Å²) in [4.78, 5) is 38.1. The van der Waals surface area contributed by atoms with E-state index in [2.05, 4.69) is 0 Å². The van der Waals surface area contributed by atoms with E-state index in [0.717, 1.165) is 27.8 Å². The first-order valence-electron chi connectivity index (χ1n) is 18.7. The summed E-state index contributed by atoms with van der Waals surface area (Å²) in [5.74, 6) is -1.12. The molecule has 10 nitrogen and oxygen atoms in total. The predicted molar refractivity (Wildman–Crippen MR) is 206 cm³/mol. The first kappa shape index (κ1) is 41.5. The van der Waals surface area contributed by atoms with Crippen LogP contribution in [-0.2, 0) is 69.2 Å². The average Bonchev–Trinajstić information content (AvgIpc) is 3.16. The van der Waals surface area contributed by atoms with Crippen molar-refractivity contribution >= 4 is 17.7 Å². The molecule has 10 heteroatoms. The second kappa shape index (κ2) is 20.3. The molecule has 4 aromatic rings. The number of rotatable bonds is 18. The van der Waals surface area contributed by atoms with E-state index in [4.69, 9.17) is 33.2 Å². The van der Waals surface area contributed by atoms with Crippen molar-refractivity contribution in [2.75, 3.05) is 6.61 Å². The number of esters is 2. The molecule has 1 saturated heterocycles. The molecule has 0 radical (unpaired) electrons. The molecule has 1 aliphatic rings. The van der Waals surface area contributed by atoms with E-state index in [1.807, 2.05) is 131 Å². The molecular formula is C45H52O10. The van der Waals surface area contributed by atoms with Gasteiger partial charge in [0.2, 0.25) is 0 Å². The number of ether oxygens (including phenoxy) is 7. The minimum Gasteiger partial charge on any atom is -0.457 e. The number of Topliss-reactive ketones (excluding diaryl/α,β-unsaturated/α-hetero) is 1. The van der Waals surface area contributed by atoms with Crippen LogP contribution in [0.15, 0.2) is 109 Å². The first-order valence-corrected chi connectivity index (χ1v) is 18.7. The molecular weight excluding hydrogens is 700 g/mol. The van der Waals surface area contributed by atoms with Crippen molar-refractivity contribution in [1.29, 1.82) is 0 Å². The van der Waals surface area contributed by atoms with Crippen LogP contribution in [0.2, 0.25) is 0 Å². The third kappa shape index (κ3) is 13.2. The summed E-state index contributed by atoms with van der Waals surface area (Å²) < 4.78 is 44.3. The maximum absolute atomic E-state index is 13.3. The lowest BCUT2D eigenvalue weighted by Crippen LogP contribution is -2.62. The van der Waals surface area contributed by atoms with Crippen LogP contribution in [0.1, 0.15) is 78.7 Å². The van der Waals surface area contributed by atoms with Gasteiger partial charge < -0.3 is 38.0 Å². The summed E-state index contributed by atoms with van der Waals surface area (Å²) in [6.45, 7) is 9.48. The Morgan fingerprint density at radius 2 is 1.18 bits per heavy atom. The van der Waals surface area contributed by atoms with Crippen molar-refractivity contribution in [3.63, 3.8) is 0 Å². The van der Waals surface area contributed by atoms with E-state index >= 15 is 0 Å². The smallest absolute Gasteiger partial charge is 0.338 e. The van der Waals surface area contributed by atoms with E-state index in [0.29, 0.717) is 5.56 Å². The Labute approximate surface area is 324 Å². The lowest BCUT2D eigenvalue weighted by Gasteiger charge is -2.45. The van der Waals surface area contributed by atoms with Gasteiger partial charge in [-0.15, -0.1) is 0 Å². The highest BCUT2D eigenvalue weighted by atomic mass is 16.7. The fraction of sp³-hybridized carbons (Fsp3) is 0.400. The van der Waals surface area contributed by atoms with Crippen LogP contribution in [0.4, 0.5) is 0 Å². The number of hydrogen-bond donors (Lipinski definition) is 0. The number of benzene rings is 4. The van der Waals surface area contributed by atoms with Gasteiger partial charge in [-0.3, -0.25) is 4.79 Å². The highest BCUT2D eigenvalue weighted by molar-refractivity contribution is 5.91.